The Morgan fingerprint density at radius 1 is 1.12 bits per heavy atom. The Morgan fingerprint density at radius 3 is 2.24 bits per heavy atom. The van der Waals surface area contributed by atoms with Crippen LogP contribution >= 0.6 is 0 Å². The average molecular weight is 488 g/mol. The van der Waals surface area contributed by atoms with Gasteiger partial charge in [0.05, 0.1) is 5.56 Å². The number of hydrogen-bond donors (Lipinski definition) is 0. The van der Waals surface area contributed by atoms with Gasteiger partial charge in [-0.15, -0.1) is 0 Å². The van der Waals surface area contributed by atoms with Gasteiger partial charge < -0.3 is 14.5 Å². The topological polar surface area (TPSA) is 36.0 Å². The van der Waals surface area contributed by atoms with E-state index in [-0.39, 0.29) is 43.3 Å². The fourth-order valence-electron chi connectivity index (χ4n) is 4.61. The first-order valence-electron chi connectivity index (χ1n) is 12.0. The molecular weight excluding hydrogens is 450 g/mol. The summed E-state index contributed by atoms with van der Waals surface area (Å²) in [6, 6.07) is 4.29. The molecule has 1 amide bonds. The van der Waals surface area contributed by atoms with Crippen LogP contribution in [0.15, 0.2) is 18.2 Å². The number of rotatable bonds is 4. The third-order valence-electron chi connectivity index (χ3n) is 6.97. The minimum atomic E-state index is -4.47. The molecule has 0 radical (unpaired) electrons. The standard InChI is InChI=1S/C25H37F4N3O2/c1-23(2,3)34-22(33)32-14-10-24(4,11-15-32)30(5)17-18-6-7-20(25(27,28)29)21(16-18)31-12-8-19(26)9-13-31/h6-7,16,19H,8-15,17H2,1-5H3. The minimum Gasteiger partial charge on any atom is -0.444 e. The summed E-state index contributed by atoms with van der Waals surface area (Å²) in [4.78, 5) is 17.9. The molecule has 0 N–H and O–H groups in total. The number of alkyl halides is 4. The first kappa shape index (κ1) is 26.6. The summed E-state index contributed by atoms with van der Waals surface area (Å²) in [7, 11) is 1.97. The number of ether oxygens (including phenoxy) is 1. The van der Waals surface area contributed by atoms with Gasteiger partial charge in [0.2, 0.25) is 0 Å². The Kier molecular flexibility index (Phi) is 7.75. The largest absolute Gasteiger partial charge is 0.444 e. The number of anilines is 1. The predicted molar refractivity (Wildman–Crippen MR) is 125 cm³/mol. The van der Waals surface area contributed by atoms with Crippen LogP contribution in [0.25, 0.3) is 0 Å². The van der Waals surface area contributed by atoms with Crippen molar-refractivity contribution < 1.29 is 27.1 Å². The molecule has 0 atom stereocenters. The number of hydrogen-bond acceptors (Lipinski definition) is 4. The predicted octanol–water partition coefficient (Wildman–Crippen LogP) is 5.87. The number of carbonyl (C=O) groups excluding carboxylic acids is 1. The number of benzene rings is 1. The maximum absolute atomic E-state index is 13.7. The Labute approximate surface area is 200 Å². The van der Waals surface area contributed by atoms with Gasteiger partial charge in [0.1, 0.15) is 11.8 Å². The van der Waals surface area contributed by atoms with Crippen molar-refractivity contribution in [2.24, 2.45) is 0 Å². The number of likely N-dealkylation sites (tertiary alicyclic amines) is 1. The van der Waals surface area contributed by atoms with Crippen molar-refractivity contribution in [3.63, 3.8) is 0 Å². The lowest BCUT2D eigenvalue weighted by Gasteiger charge is -2.45. The van der Waals surface area contributed by atoms with Crippen molar-refractivity contribution in [1.82, 2.24) is 9.80 Å². The van der Waals surface area contributed by atoms with Crippen LogP contribution in [-0.2, 0) is 17.5 Å². The second kappa shape index (κ2) is 9.91. The van der Waals surface area contributed by atoms with E-state index >= 15 is 0 Å². The summed E-state index contributed by atoms with van der Waals surface area (Å²) in [6.07, 6.45) is -3.78. The molecule has 5 nitrogen and oxygen atoms in total. The van der Waals surface area contributed by atoms with Gasteiger partial charge in [-0.25, -0.2) is 9.18 Å². The van der Waals surface area contributed by atoms with Crippen LogP contribution in [0.2, 0.25) is 0 Å². The zero-order valence-electron chi connectivity index (χ0n) is 20.8. The van der Waals surface area contributed by atoms with Crippen molar-refractivity contribution in [1.29, 1.82) is 0 Å². The van der Waals surface area contributed by atoms with Crippen LogP contribution in [0.1, 0.15) is 64.5 Å². The summed E-state index contributed by atoms with van der Waals surface area (Å²) in [5.74, 6) is 0. The molecule has 0 spiro atoms. The average Bonchev–Trinajstić information content (AvgIpc) is 2.72. The number of amides is 1. The second-order valence-electron chi connectivity index (χ2n) is 10.8. The number of halogens is 4. The third-order valence-corrected chi connectivity index (χ3v) is 6.97. The highest BCUT2D eigenvalue weighted by molar-refractivity contribution is 5.68. The highest BCUT2D eigenvalue weighted by Gasteiger charge is 2.38. The Balaban J connectivity index is 1.70. The van der Waals surface area contributed by atoms with Gasteiger partial charge in [0.25, 0.3) is 0 Å². The molecule has 2 saturated heterocycles. The second-order valence-corrected chi connectivity index (χ2v) is 10.8. The molecule has 2 aliphatic rings. The van der Waals surface area contributed by atoms with Crippen molar-refractivity contribution in [3.8, 4) is 0 Å². The number of piperidine rings is 2. The van der Waals surface area contributed by atoms with Gasteiger partial charge in [0.15, 0.2) is 0 Å². The van der Waals surface area contributed by atoms with Crippen molar-refractivity contribution >= 4 is 11.8 Å². The first-order valence-corrected chi connectivity index (χ1v) is 12.0. The fourth-order valence-corrected chi connectivity index (χ4v) is 4.61. The van der Waals surface area contributed by atoms with E-state index in [1.807, 2.05) is 27.8 Å². The van der Waals surface area contributed by atoms with Crippen molar-refractivity contribution in [2.45, 2.75) is 83.4 Å². The molecule has 1 aromatic carbocycles. The number of carbonyl (C=O) groups is 1. The molecule has 34 heavy (non-hydrogen) atoms. The summed E-state index contributed by atoms with van der Waals surface area (Å²) >= 11 is 0. The molecule has 0 saturated carbocycles. The lowest BCUT2D eigenvalue weighted by Crippen LogP contribution is -2.53. The molecule has 3 rings (SSSR count). The molecule has 1 aromatic rings. The van der Waals surface area contributed by atoms with Gasteiger partial charge in [0, 0.05) is 44.0 Å². The maximum atomic E-state index is 13.7. The smallest absolute Gasteiger partial charge is 0.418 e. The van der Waals surface area contributed by atoms with Gasteiger partial charge >= 0.3 is 12.3 Å². The normalized spacial score (nSPS) is 20.1. The Hall–Kier alpha value is -2.03. The van der Waals surface area contributed by atoms with Crippen molar-refractivity contribution in [3.05, 3.63) is 29.3 Å². The molecule has 2 fully saturated rings. The van der Waals surface area contributed by atoms with E-state index in [2.05, 4.69) is 11.8 Å². The van der Waals surface area contributed by atoms with Gasteiger partial charge in [-0.2, -0.15) is 13.2 Å². The quantitative estimate of drug-likeness (QED) is 0.498. The van der Waals surface area contributed by atoms with E-state index in [4.69, 9.17) is 4.74 Å². The van der Waals surface area contributed by atoms with Crippen LogP contribution in [0.4, 0.5) is 28.0 Å². The monoisotopic (exact) mass is 487 g/mol. The van der Waals surface area contributed by atoms with E-state index in [0.29, 0.717) is 19.6 Å². The van der Waals surface area contributed by atoms with Gasteiger partial charge in [-0.05, 0) is 78.1 Å². The Morgan fingerprint density at radius 2 is 1.71 bits per heavy atom. The highest BCUT2D eigenvalue weighted by atomic mass is 19.4. The highest BCUT2D eigenvalue weighted by Crippen LogP contribution is 2.39. The molecule has 9 heteroatoms. The van der Waals surface area contributed by atoms with Crippen LogP contribution in [-0.4, -0.2) is 66.4 Å². The molecular formula is C25H37F4N3O2. The molecule has 2 aliphatic heterocycles. The molecule has 0 unspecified atom stereocenters. The molecule has 0 aliphatic carbocycles. The first-order chi connectivity index (χ1) is 15.7. The van der Waals surface area contributed by atoms with Gasteiger partial charge in [-0.1, -0.05) is 6.07 Å². The summed E-state index contributed by atoms with van der Waals surface area (Å²) in [6.45, 7) is 9.80. The van der Waals surface area contributed by atoms with E-state index in [9.17, 15) is 22.4 Å². The SMILES string of the molecule is CN(Cc1ccc(C(F)(F)F)c(N2CCC(F)CC2)c1)C1(C)CCN(C(=O)OC(C)(C)C)CC1. The number of nitrogens with zero attached hydrogens (tertiary/aromatic N) is 3. The molecule has 0 bridgehead atoms. The van der Waals surface area contributed by atoms with Crippen LogP contribution in [0, 0.1) is 0 Å². The van der Waals surface area contributed by atoms with E-state index in [0.717, 1.165) is 24.5 Å². The zero-order valence-corrected chi connectivity index (χ0v) is 20.8. The minimum absolute atomic E-state index is 0.134. The van der Waals surface area contributed by atoms with E-state index in [1.54, 1.807) is 15.9 Å². The summed E-state index contributed by atoms with van der Waals surface area (Å²) in [5.41, 5.74) is -0.505. The van der Waals surface area contributed by atoms with Crippen LogP contribution < -0.4 is 4.90 Å². The lowest BCUT2D eigenvalue weighted by molar-refractivity contribution is -0.137. The van der Waals surface area contributed by atoms with Crippen LogP contribution in [0.5, 0.6) is 0 Å². The molecule has 0 aromatic heterocycles. The third kappa shape index (κ3) is 6.55. The Bertz CT molecular complexity index is 853. The summed E-state index contributed by atoms with van der Waals surface area (Å²) < 4.78 is 60.1. The van der Waals surface area contributed by atoms with E-state index < -0.39 is 23.5 Å². The molecule has 192 valence electrons. The fraction of sp³-hybridized carbons (Fsp3) is 0.720. The van der Waals surface area contributed by atoms with Crippen molar-refractivity contribution in [2.75, 3.05) is 38.1 Å². The van der Waals surface area contributed by atoms with E-state index in [1.165, 1.54) is 6.07 Å². The molecule has 2 heterocycles. The maximum Gasteiger partial charge on any atom is 0.418 e. The van der Waals surface area contributed by atoms with Crippen LogP contribution in [0.3, 0.4) is 0 Å². The summed E-state index contributed by atoms with van der Waals surface area (Å²) in [5, 5.41) is 0. The zero-order chi connectivity index (χ0) is 25.3. The lowest BCUT2D eigenvalue weighted by atomic mass is 9.87. The van der Waals surface area contributed by atoms with Gasteiger partial charge in [-0.3, -0.25) is 4.90 Å².